The predicted molar refractivity (Wildman–Crippen MR) is 147 cm³/mol. The molecule has 9 nitrogen and oxygen atoms in total. The molecule has 1 fully saturated rings. The van der Waals surface area contributed by atoms with Crippen LogP contribution in [0.4, 0.5) is 19.0 Å². The van der Waals surface area contributed by atoms with Crippen LogP contribution in [0.15, 0.2) is 48.8 Å². The highest BCUT2D eigenvalue weighted by molar-refractivity contribution is 6.04. The van der Waals surface area contributed by atoms with E-state index in [0.29, 0.717) is 41.1 Å². The number of rotatable bonds is 6. The third kappa shape index (κ3) is 6.65. The number of benzene rings is 1. The SMILES string of the molecule is CCN1CCN(Cc2ccc(C(=O)Nc3cc(C#Cc4cnc5[nH]nc(OC)c5c4)ccn3)cc2C(F)(F)F)CC1. The van der Waals surface area contributed by atoms with E-state index in [4.69, 9.17) is 4.74 Å². The zero-order valence-corrected chi connectivity index (χ0v) is 22.5. The zero-order valence-electron chi connectivity index (χ0n) is 22.5. The second-order valence-electron chi connectivity index (χ2n) is 9.57. The number of nitrogens with zero attached hydrogens (tertiary/aromatic N) is 5. The summed E-state index contributed by atoms with van der Waals surface area (Å²) in [7, 11) is 1.51. The van der Waals surface area contributed by atoms with Crippen LogP contribution >= 0.6 is 0 Å². The van der Waals surface area contributed by atoms with E-state index in [-0.39, 0.29) is 23.5 Å². The van der Waals surface area contributed by atoms with Crippen LogP contribution in [-0.4, -0.2) is 75.7 Å². The minimum atomic E-state index is -4.59. The lowest BCUT2D eigenvalue weighted by Crippen LogP contribution is -2.45. The van der Waals surface area contributed by atoms with Gasteiger partial charge in [-0.3, -0.25) is 14.8 Å². The second-order valence-corrected chi connectivity index (χ2v) is 9.57. The third-order valence-corrected chi connectivity index (χ3v) is 6.91. The van der Waals surface area contributed by atoms with Crippen molar-refractivity contribution in [2.75, 3.05) is 45.2 Å². The summed E-state index contributed by atoms with van der Waals surface area (Å²) in [6.07, 6.45) is -1.55. The first-order valence-corrected chi connectivity index (χ1v) is 13.1. The summed E-state index contributed by atoms with van der Waals surface area (Å²) in [6, 6.07) is 8.70. The van der Waals surface area contributed by atoms with Crippen molar-refractivity contribution in [1.29, 1.82) is 0 Å². The summed E-state index contributed by atoms with van der Waals surface area (Å²) in [6.45, 7) is 6.19. The highest BCUT2D eigenvalue weighted by Crippen LogP contribution is 2.33. The van der Waals surface area contributed by atoms with Gasteiger partial charge in [0.05, 0.1) is 18.1 Å². The van der Waals surface area contributed by atoms with Gasteiger partial charge in [0.15, 0.2) is 5.65 Å². The fraction of sp³-hybridized carbons (Fsp3) is 0.310. The fourth-order valence-corrected chi connectivity index (χ4v) is 4.64. The molecule has 5 rings (SSSR count). The van der Waals surface area contributed by atoms with Gasteiger partial charge >= 0.3 is 6.18 Å². The van der Waals surface area contributed by atoms with Gasteiger partial charge in [-0.15, -0.1) is 5.10 Å². The van der Waals surface area contributed by atoms with Gasteiger partial charge in [0.25, 0.3) is 5.91 Å². The van der Waals surface area contributed by atoms with E-state index in [2.05, 4.69) is 49.1 Å². The quantitative estimate of drug-likeness (QED) is 0.340. The van der Waals surface area contributed by atoms with Gasteiger partial charge in [-0.05, 0) is 42.4 Å². The number of anilines is 1. The maximum Gasteiger partial charge on any atom is 0.416 e. The Morgan fingerprint density at radius 3 is 2.54 bits per heavy atom. The minimum Gasteiger partial charge on any atom is -0.479 e. The summed E-state index contributed by atoms with van der Waals surface area (Å²) in [5.74, 6) is 5.85. The molecule has 1 aromatic carbocycles. The van der Waals surface area contributed by atoms with E-state index < -0.39 is 17.6 Å². The molecule has 0 spiro atoms. The summed E-state index contributed by atoms with van der Waals surface area (Å²) >= 11 is 0. The van der Waals surface area contributed by atoms with Gasteiger partial charge < -0.3 is 15.0 Å². The maximum atomic E-state index is 14.0. The number of ether oxygens (including phenoxy) is 1. The molecule has 212 valence electrons. The van der Waals surface area contributed by atoms with E-state index in [1.807, 2.05) is 4.90 Å². The smallest absolute Gasteiger partial charge is 0.416 e. The molecular formula is C29H28F3N7O2. The molecule has 3 aromatic heterocycles. The molecule has 1 saturated heterocycles. The van der Waals surface area contributed by atoms with E-state index in [1.165, 1.54) is 25.4 Å². The lowest BCUT2D eigenvalue weighted by molar-refractivity contribution is -0.138. The standard InChI is InChI=1S/C29H28F3N7O2/c1-3-38-10-12-39(13-11-38)18-22-7-6-21(16-24(22)29(30,31)32)27(40)35-25-15-19(8-9-33-25)4-5-20-14-23-26(34-17-20)36-37-28(23)41-2/h6-9,14-17H,3,10-13,18H2,1-2H3,(H,33,35,40)(H,34,36,37). The highest BCUT2D eigenvalue weighted by Gasteiger charge is 2.34. The molecule has 1 amide bonds. The van der Waals surface area contributed by atoms with Gasteiger partial charge in [-0.2, -0.15) is 13.2 Å². The number of halogens is 3. The fourth-order valence-electron chi connectivity index (χ4n) is 4.64. The van der Waals surface area contributed by atoms with E-state index in [9.17, 15) is 18.0 Å². The molecule has 0 unspecified atom stereocenters. The molecule has 2 N–H and O–H groups in total. The number of H-pyrrole nitrogens is 1. The average Bonchev–Trinajstić information content (AvgIpc) is 3.39. The van der Waals surface area contributed by atoms with Crippen molar-refractivity contribution in [2.45, 2.75) is 19.6 Å². The summed E-state index contributed by atoms with van der Waals surface area (Å²) in [5, 5.41) is 10.1. The van der Waals surface area contributed by atoms with Crippen molar-refractivity contribution in [3.63, 3.8) is 0 Å². The van der Waals surface area contributed by atoms with Crippen molar-refractivity contribution in [3.05, 3.63) is 76.6 Å². The molecule has 41 heavy (non-hydrogen) atoms. The first-order chi connectivity index (χ1) is 19.7. The minimum absolute atomic E-state index is 0.108. The molecule has 0 atom stereocenters. The van der Waals surface area contributed by atoms with Crippen molar-refractivity contribution < 1.29 is 22.7 Å². The first-order valence-electron chi connectivity index (χ1n) is 13.1. The summed E-state index contributed by atoms with van der Waals surface area (Å²) in [4.78, 5) is 25.6. The van der Waals surface area contributed by atoms with Gasteiger partial charge in [0.1, 0.15) is 5.82 Å². The lowest BCUT2D eigenvalue weighted by Gasteiger charge is -2.34. The molecule has 1 aliphatic heterocycles. The number of carbonyl (C=O) groups is 1. The Balaban J connectivity index is 1.30. The number of pyridine rings is 2. The number of nitrogens with one attached hydrogen (secondary N) is 2. The van der Waals surface area contributed by atoms with Gasteiger partial charge in [0, 0.05) is 61.8 Å². The first kappa shape index (κ1) is 28.1. The van der Waals surface area contributed by atoms with E-state index in [0.717, 1.165) is 25.7 Å². The summed E-state index contributed by atoms with van der Waals surface area (Å²) < 4.78 is 47.1. The lowest BCUT2D eigenvalue weighted by atomic mass is 10.0. The molecule has 1 aliphatic rings. The molecule has 0 bridgehead atoms. The Kier molecular flexibility index (Phi) is 8.19. The van der Waals surface area contributed by atoms with Gasteiger partial charge in [-0.1, -0.05) is 24.8 Å². The molecule has 4 heterocycles. The Morgan fingerprint density at radius 1 is 1.05 bits per heavy atom. The van der Waals surface area contributed by atoms with Crippen molar-refractivity contribution in [2.24, 2.45) is 0 Å². The number of piperazine rings is 1. The molecule has 12 heteroatoms. The van der Waals surface area contributed by atoms with Crippen molar-refractivity contribution in [1.82, 2.24) is 30.0 Å². The second kappa shape index (κ2) is 12.0. The normalized spacial score (nSPS) is 14.5. The number of hydrogen-bond acceptors (Lipinski definition) is 7. The van der Waals surface area contributed by atoms with E-state index in [1.54, 1.807) is 24.4 Å². The number of hydrogen-bond donors (Lipinski definition) is 2. The topological polar surface area (TPSA) is 99.3 Å². The van der Waals surface area contributed by atoms with Crippen LogP contribution in [0.5, 0.6) is 5.88 Å². The Hall–Kier alpha value is -4.47. The Labute approximate surface area is 234 Å². The molecule has 0 radical (unpaired) electrons. The van der Waals surface area contributed by atoms with Gasteiger partial charge in [-0.25, -0.2) is 9.97 Å². The van der Waals surface area contributed by atoms with Crippen LogP contribution in [0.3, 0.4) is 0 Å². The number of carbonyl (C=O) groups excluding carboxylic acids is 1. The van der Waals surface area contributed by atoms with Crippen molar-refractivity contribution >= 4 is 22.8 Å². The van der Waals surface area contributed by atoms with Crippen LogP contribution in [0.25, 0.3) is 11.0 Å². The maximum absolute atomic E-state index is 14.0. The van der Waals surface area contributed by atoms with Crippen LogP contribution in [-0.2, 0) is 12.7 Å². The monoisotopic (exact) mass is 563 g/mol. The number of fused-ring (bicyclic) bond motifs is 1. The molecule has 4 aromatic rings. The molecular weight excluding hydrogens is 535 g/mol. The van der Waals surface area contributed by atoms with Gasteiger partial charge in [0.2, 0.25) is 5.88 Å². The third-order valence-electron chi connectivity index (χ3n) is 6.91. The summed E-state index contributed by atoms with van der Waals surface area (Å²) in [5.41, 5.74) is 0.961. The van der Waals surface area contributed by atoms with Crippen molar-refractivity contribution in [3.8, 4) is 17.7 Å². The number of amides is 1. The number of aromatic nitrogens is 4. The number of likely N-dealkylation sites (N-methyl/N-ethyl adjacent to an activating group) is 1. The van der Waals surface area contributed by atoms with Crippen LogP contribution in [0, 0.1) is 11.8 Å². The molecule has 0 saturated carbocycles. The van der Waals surface area contributed by atoms with E-state index >= 15 is 0 Å². The molecule has 0 aliphatic carbocycles. The van der Waals surface area contributed by atoms with Crippen LogP contribution < -0.4 is 10.1 Å². The van der Waals surface area contributed by atoms with Crippen LogP contribution in [0.2, 0.25) is 0 Å². The predicted octanol–water partition coefficient (Wildman–Crippen LogP) is 4.17. The Morgan fingerprint density at radius 2 is 1.80 bits per heavy atom. The van der Waals surface area contributed by atoms with Crippen LogP contribution in [0.1, 0.15) is 39.5 Å². The average molecular weight is 564 g/mol. The zero-order chi connectivity index (χ0) is 29.0. The largest absolute Gasteiger partial charge is 0.479 e. The number of aromatic amines is 1. The number of alkyl halides is 3. The number of methoxy groups -OCH3 is 1. The highest BCUT2D eigenvalue weighted by atomic mass is 19.4. The Bertz CT molecular complexity index is 1620.